The Bertz CT molecular complexity index is 1230. The van der Waals surface area contributed by atoms with Gasteiger partial charge in [-0.25, -0.2) is 9.79 Å². The number of carbonyl (C=O) groups is 2. The lowest BCUT2D eigenvalue weighted by Gasteiger charge is -2.11. The first-order valence-electron chi connectivity index (χ1n) is 9.70. The lowest BCUT2D eigenvalue weighted by molar-refractivity contribution is -0.129. The summed E-state index contributed by atoms with van der Waals surface area (Å²) in [5.41, 5.74) is 3.35. The largest absolute Gasteiger partial charge is 0.483 e. The van der Waals surface area contributed by atoms with Gasteiger partial charge < -0.3 is 9.47 Å². The van der Waals surface area contributed by atoms with Gasteiger partial charge >= 0.3 is 5.97 Å². The van der Waals surface area contributed by atoms with Crippen LogP contribution in [0.2, 0.25) is 0 Å². The van der Waals surface area contributed by atoms with Gasteiger partial charge in [-0.2, -0.15) is 0 Å². The van der Waals surface area contributed by atoms with E-state index in [1.807, 2.05) is 49.4 Å². The van der Waals surface area contributed by atoms with E-state index in [1.165, 1.54) is 0 Å². The predicted octanol–water partition coefficient (Wildman–Crippen LogP) is 6.13. The van der Waals surface area contributed by atoms with E-state index in [9.17, 15) is 9.59 Å². The molecule has 0 bridgehead atoms. The minimum atomic E-state index is -0.512. The zero-order valence-electron chi connectivity index (χ0n) is 17.0. The zero-order valence-corrected chi connectivity index (χ0v) is 20.1. The molecule has 0 fully saturated rings. The summed E-state index contributed by atoms with van der Waals surface area (Å²) >= 11 is 6.95. The molecule has 0 aliphatic carbocycles. The normalized spacial score (nSPS) is 14.3. The third-order valence-electron chi connectivity index (χ3n) is 4.69. The molecule has 4 rings (SSSR count). The first-order chi connectivity index (χ1) is 15.4. The fourth-order valence-electron chi connectivity index (χ4n) is 3.03. The van der Waals surface area contributed by atoms with Crippen molar-refractivity contribution in [3.63, 3.8) is 0 Å². The lowest BCUT2D eigenvalue weighted by Crippen LogP contribution is -2.12. The smallest absolute Gasteiger partial charge is 0.363 e. The van der Waals surface area contributed by atoms with Crippen LogP contribution in [0.5, 0.6) is 5.75 Å². The second-order valence-electron chi connectivity index (χ2n) is 7.09. The number of hydrogen-bond acceptors (Lipinski definition) is 5. The van der Waals surface area contributed by atoms with Crippen molar-refractivity contribution in [2.45, 2.75) is 6.92 Å². The van der Waals surface area contributed by atoms with Crippen molar-refractivity contribution in [2.75, 3.05) is 6.61 Å². The zero-order chi connectivity index (χ0) is 22.7. The van der Waals surface area contributed by atoms with E-state index in [1.54, 1.807) is 30.3 Å². The van der Waals surface area contributed by atoms with Crippen LogP contribution >= 0.6 is 31.9 Å². The van der Waals surface area contributed by atoms with Gasteiger partial charge in [0.1, 0.15) is 5.75 Å². The predicted molar refractivity (Wildman–Crippen MR) is 130 cm³/mol. The van der Waals surface area contributed by atoms with Crippen LogP contribution in [0.15, 0.2) is 86.4 Å². The number of benzene rings is 3. The Balaban J connectivity index is 1.52. The fraction of sp³-hybridized carbons (Fsp3) is 0.0800. The molecule has 0 unspecified atom stereocenters. The number of rotatable bonds is 6. The van der Waals surface area contributed by atoms with E-state index in [0.29, 0.717) is 25.8 Å². The number of cyclic esters (lactones) is 1. The maximum absolute atomic E-state index is 12.3. The summed E-state index contributed by atoms with van der Waals surface area (Å²) in [5.74, 6) is 0.136. The van der Waals surface area contributed by atoms with E-state index in [0.717, 1.165) is 11.1 Å². The fourth-order valence-corrected chi connectivity index (χ4v) is 4.48. The summed E-state index contributed by atoms with van der Waals surface area (Å²) < 4.78 is 12.3. The monoisotopic (exact) mass is 553 g/mol. The number of carbonyl (C=O) groups excluding carboxylic acids is 2. The Morgan fingerprint density at radius 3 is 2.34 bits per heavy atom. The molecule has 0 saturated carbocycles. The van der Waals surface area contributed by atoms with Crippen molar-refractivity contribution in [1.29, 1.82) is 0 Å². The topological polar surface area (TPSA) is 65.0 Å². The van der Waals surface area contributed by atoms with Gasteiger partial charge in [-0.3, -0.25) is 4.79 Å². The quantitative estimate of drug-likeness (QED) is 0.209. The minimum Gasteiger partial charge on any atom is -0.483 e. The molecule has 0 radical (unpaired) electrons. The summed E-state index contributed by atoms with van der Waals surface area (Å²) in [6.07, 6.45) is 1.64. The highest BCUT2D eigenvalue weighted by molar-refractivity contribution is 9.11. The number of esters is 1. The molecule has 0 spiro atoms. The number of hydrogen-bond donors (Lipinski definition) is 0. The van der Waals surface area contributed by atoms with Crippen molar-refractivity contribution >= 4 is 55.6 Å². The molecule has 0 atom stereocenters. The van der Waals surface area contributed by atoms with Gasteiger partial charge in [0, 0.05) is 11.1 Å². The second kappa shape index (κ2) is 9.63. The number of aliphatic imine (C=N–C) groups is 1. The molecule has 1 heterocycles. The van der Waals surface area contributed by atoms with Crippen LogP contribution < -0.4 is 4.74 Å². The van der Waals surface area contributed by atoms with Gasteiger partial charge in [0.25, 0.3) is 0 Å². The van der Waals surface area contributed by atoms with E-state index in [2.05, 4.69) is 36.9 Å². The SMILES string of the molecule is Cc1ccc(C2=N/C(=C\c3cc(Br)c(OCC(=O)c4ccccc4)c(Br)c3)C(=O)O2)cc1. The second-order valence-corrected chi connectivity index (χ2v) is 8.80. The van der Waals surface area contributed by atoms with Crippen LogP contribution in [0.4, 0.5) is 0 Å². The summed E-state index contributed by atoms with van der Waals surface area (Å²) in [5, 5.41) is 0. The Morgan fingerprint density at radius 1 is 1.03 bits per heavy atom. The molecule has 0 amide bonds. The number of ether oxygens (including phenoxy) is 2. The highest BCUT2D eigenvalue weighted by atomic mass is 79.9. The van der Waals surface area contributed by atoms with Crippen LogP contribution in [-0.4, -0.2) is 24.3 Å². The van der Waals surface area contributed by atoms with Crippen molar-refractivity contribution < 1.29 is 19.1 Å². The Kier molecular flexibility index (Phi) is 6.67. The number of Topliss-reactive ketones (excluding diaryl/α,β-unsaturated/α-hetero) is 1. The standard InChI is InChI=1S/C25H17Br2NO4/c1-15-7-9-18(10-8-15)24-28-21(25(30)32-24)13-16-11-19(26)23(20(27)12-16)31-14-22(29)17-5-3-2-4-6-17/h2-13H,14H2,1H3/b21-13-. The third kappa shape index (κ3) is 5.06. The molecule has 3 aromatic rings. The molecule has 1 aliphatic rings. The first kappa shape index (κ1) is 22.2. The van der Waals surface area contributed by atoms with E-state index >= 15 is 0 Å². The van der Waals surface area contributed by atoms with Gasteiger partial charge in [0.15, 0.2) is 18.1 Å². The molecular weight excluding hydrogens is 538 g/mol. The molecular formula is C25H17Br2NO4. The maximum Gasteiger partial charge on any atom is 0.363 e. The van der Waals surface area contributed by atoms with Gasteiger partial charge in [-0.15, -0.1) is 0 Å². The van der Waals surface area contributed by atoms with Crippen LogP contribution in [-0.2, 0) is 9.53 Å². The van der Waals surface area contributed by atoms with E-state index in [4.69, 9.17) is 9.47 Å². The van der Waals surface area contributed by atoms with Gasteiger partial charge in [-0.1, -0.05) is 48.0 Å². The molecule has 0 saturated heterocycles. The van der Waals surface area contributed by atoms with Crippen LogP contribution in [0.3, 0.4) is 0 Å². The maximum atomic E-state index is 12.3. The molecule has 0 N–H and O–H groups in total. The van der Waals surface area contributed by atoms with Crippen molar-refractivity contribution in [2.24, 2.45) is 4.99 Å². The van der Waals surface area contributed by atoms with Gasteiger partial charge in [0.05, 0.1) is 8.95 Å². The summed E-state index contributed by atoms with van der Waals surface area (Å²) in [6.45, 7) is 1.89. The van der Waals surface area contributed by atoms with Crippen LogP contribution in [0, 0.1) is 6.92 Å². The molecule has 5 nitrogen and oxygen atoms in total. The average Bonchev–Trinajstić information content (AvgIpc) is 3.14. The summed E-state index contributed by atoms with van der Waals surface area (Å²) in [7, 11) is 0. The summed E-state index contributed by atoms with van der Waals surface area (Å²) in [4.78, 5) is 28.9. The Labute approximate surface area is 202 Å². The van der Waals surface area contributed by atoms with Crippen molar-refractivity contribution in [3.05, 3.63) is 104 Å². The molecule has 160 valence electrons. The Hall–Kier alpha value is -3.03. The highest BCUT2D eigenvalue weighted by Gasteiger charge is 2.24. The number of ketones is 1. The average molecular weight is 555 g/mol. The lowest BCUT2D eigenvalue weighted by atomic mass is 10.1. The van der Waals surface area contributed by atoms with Crippen molar-refractivity contribution in [3.8, 4) is 5.75 Å². The minimum absolute atomic E-state index is 0.0990. The molecule has 7 heteroatoms. The molecule has 1 aliphatic heterocycles. The number of nitrogens with zero attached hydrogens (tertiary/aromatic N) is 1. The first-order valence-corrected chi connectivity index (χ1v) is 11.3. The number of aryl methyl sites for hydroxylation is 1. The van der Waals surface area contributed by atoms with E-state index in [-0.39, 0.29) is 24.0 Å². The van der Waals surface area contributed by atoms with Gasteiger partial charge in [-0.05, 0) is 74.7 Å². The Morgan fingerprint density at radius 2 is 1.69 bits per heavy atom. The summed E-state index contributed by atoms with van der Waals surface area (Å²) in [6, 6.07) is 20.1. The molecule has 3 aromatic carbocycles. The van der Waals surface area contributed by atoms with E-state index < -0.39 is 5.97 Å². The van der Waals surface area contributed by atoms with Crippen LogP contribution in [0.1, 0.15) is 27.0 Å². The number of halogens is 2. The highest BCUT2D eigenvalue weighted by Crippen LogP contribution is 2.36. The third-order valence-corrected chi connectivity index (χ3v) is 5.86. The van der Waals surface area contributed by atoms with Gasteiger partial charge in [0.2, 0.25) is 5.90 Å². The van der Waals surface area contributed by atoms with Crippen LogP contribution in [0.25, 0.3) is 6.08 Å². The molecule has 32 heavy (non-hydrogen) atoms. The van der Waals surface area contributed by atoms with Crippen molar-refractivity contribution in [1.82, 2.24) is 0 Å². The molecule has 0 aromatic heterocycles.